The highest BCUT2D eigenvalue weighted by Crippen LogP contribution is 2.31. The fraction of sp³-hybridized carbons (Fsp3) is 0.259. The first-order chi connectivity index (χ1) is 18.0. The minimum Gasteiger partial charge on any atom is -0.457 e. The third-order valence-corrected chi connectivity index (χ3v) is 7.24. The predicted molar refractivity (Wildman–Crippen MR) is 147 cm³/mol. The number of H-pyrrole nitrogens is 1. The molecule has 5 rings (SSSR count). The highest BCUT2D eigenvalue weighted by molar-refractivity contribution is 9.09. The first-order valence-corrected chi connectivity index (χ1v) is 13.5. The zero-order chi connectivity index (χ0) is 25.8. The molecule has 1 aliphatic heterocycles. The van der Waals surface area contributed by atoms with Crippen molar-refractivity contribution in [2.45, 2.75) is 25.3 Å². The number of hydrogen-bond acceptors (Lipinski definition) is 6. The van der Waals surface area contributed by atoms with Crippen molar-refractivity contribution in [3.63, 3.8) is 0 Å². The lowest BCUT2D eigenvalue weighted by atomic mass is 10.0. The first-order valence-electron chi connectivity index (χ1n) is 12.0. The third kappa shape index (κ3) is 5.47. The summed E-state index contributed by atoms with van der Waals surface area (Å²) in [5.41, 5.74) is 1.30. The lowest BCUT2D eigenvalue weighted by molar-refractivity contribution is -0.131. The van der Waals surface area contributed by atoms with Gasteiger partial charge in [-0.3, -0.25) is 9.59 Å². The number of amides is 1. The van der Waals surface area contributed by atoms with Crippen LogP contribution >= 0.6 is 27.5 Å². The van der Waals surface area contributed by atoms with Crippen LogP contribution in [0, 0.1) is 0 Å². The van der Waals surface area contributed by atoms with Crippen LogP contribution in [0.3, 0.4) is 0 Å². The Labute approximate surface area is 227 Å². The maximum Gasteiger partial charge on any atom is 0.233 e. The van der Waals surface area contributed by atoms with E-state index in [-0.39, 0.29) is 22.8 Å². The van der Waals surface area contributed by atoms with Crippen LogP contribution in [0.5, 0.6) is 11.5 Å². The quantitative estimate of drug-likeness (QED) is 0.201. The van der Waals surface area contributed by atoms with Crippen LogP contribution in [-0.2, 0) is 4.79 Å². The number of carbonyl (C=O) groups is 2. The largest absolute Gasteiger partial charge is 0.457 e. The van der Waals surface area contributed by atoms with E-state index in [0.717, 1.165) is 25.8 Å². The number of para-hydroxylation sites is 1. The van der Waals surface area contributed by atoms with E-state index in [9.17, 15) is 9.59 Å². The number of halogens is 2. The summed E-state index contributed by atoms with van der Waals surface area (Å²) in [7, 11) is 0. The highest BCUT2D eigenvalue weighted by atomic mass is 79.9. The standard InChI is InChI=1S/C27H25BrClN5O3/c28-13-23(35)34-11-5-4-6-17(34)14-30-26-24-21(15-31-27(24)33-16-32-26)25(36)20-10-9-19(12-22(20)29)37-18-7-2-1-3-8-18/h1-3,7-10,12,15-17H,4-6,11,13-14H2,(H2,30,31,32,33). The number of ketones is 1. The number of hydrogen-bond donors (Lipinski definition) is 2. The zero-order valence-electron chi connectivity index (χ0n) is 19.9. The lowest BCUT2D eigenvalue weighted by Crippen LogP contribution is -2.47. The number of fused-ring (bicyclic) bond motifs is 1. The van der Waals surface area contributed by atoms with Crippen molar-refractivity contribution in [2.24, 2.45) is 0 Å². The summed E-state index contributed by atoms with van der Waals surface area (Å²) in [6.07, 6.45) is 6.04. The van der Waals surface area contributed by atoms with Crippen LogP contribution in [0.4, 0.5) is 5.82 Å². The van der Waals surface area contributed by atoms with Crippen molar-refractivity contribution in [1.29, 1.82) is 0 Å². The molecule has 4 aromatic rings. The molecule has 190 valence electrons. The minimum atomic E-state index is -0.255. The Hall–Kier alpha value is -3.43. The van der Waals surface area contributed by atoms with Gasteiger partial charge in [-0.15, -0.1) is 0 Å². The normalized spacial score (nSPS) is 15.5. The third-order valence-electron chi connectivity index (χ3n) is 6.45. The van der Waals surface area contributed by atoms with E-state index in [0.29, 0.717) is 51.4 Å². The molecule has 10 heteroatoms. The number of likely N-dealkylation sites (tertiary alicyclic amines) is 1. The van der Waals surface area contributed by atoms with Crippen molar-refractivity contribution in [3.8, 4) is 11.5 Å². The number of carbonyl (C=O) groups excluding carboxylic acids is 2. The summed E-state index contributed by atoms with van der Waals surface area (Å²) in [6.45, 7) is 1.27. The number of benzene rings is 2. The molecule has 37 heavy (non-hydrogen) atoms. The Morgan fingerprint density at radius 1 is 1.11 bits per heavy atom. The van der Waals surface area contributed by atoms with Crippen molar-refractivity contribution >= 4 is 56.1 Å². The van der Waals surface area contributed by atoms with E-state index in [4.69, 9.17) is 16.3 Å². The topological polar surface area (TPSA) is 100 Å². The van der Waals surface area contributed by atoms with Crippen LogP contribution in [0.2, 0.25) is 5.02 Å². The number of nitrogens with one attached hydrogen (secondary N) is 2. The molecular formula is C27H25BrClN5O3. The summed E-state index contributed by atoms with van der Waals surface area (Å²) in [6, 6.07) is 14.4. The van der Waals surface area contributed by atoms with E-state index >= 15 is 0 Å². The van der Waals surface area contributed by atoms with E-state index < -0.39 is 0 Å². The zero-order valence-corrected chi connectivity index (χ0v) is 22.3. The van der Waals surface area contributed by atoms with E-state index in [1.54, 1.807) is 24.4 Å². The summed E-state index contributed by atoms with van der Waals surface area (Å²) < 4.78 is 5.83. The lowest BCUT2D eigenvalue weighted by Gasteiger charge is -2.35. The second kappa shape index (κ2) is 11.3. The van der Waals surface area contributed by atoms with Gasteiger partial charge in [-0.25, -0.2) is 9.97 Å². The van der Waals surface area contributed by atoms with Gasteiger partial charge in [0.2, 0.25) is 5.91 Å². The van der Waals surface area contributed by atoms with Gasteiger partial charge in [0.05, 0.1) is 21.3 Å². The number of ether oxygens (including phenoxy) is 1. The van der Waals surface area contributed by atoms with Crippen molar-refractivity contribution in [2.75, 3.05) is 23.7 Å². The number of aromatic amines is 1. The fourth-order valence-electron chi connectivity index (χ4n) is 4.62. The van der Waals surface area contributed by atoms with E-state index in [1.165, 1.54) is 6.33 Å². The molecule has 2 N–H and O–H groups in total. The summed E-state index contributed by atoms with van der Waals surface area (Å²) in [5.74, 6) is 1.57. The van der Waals surface area contributed by atoms with Crippen LogP contribution in [-0.4, -0.2) is 56.0 Å². The van der Waals surface area contributed by atoms with Crippen LogP contribution < -0.4 is 10.1 Å². The van der Waals surface area contributed by atoms with Gasteiger partial charge in [0.1, 0.15) is 29.3 Å². The minimum absolute atomic E-state index is 0.0495. The monoisotopic (exact) mass is 581 g/mol. The average molecular weight is 583 g/mol. The van der Waals surface area contributed by atoms with Gasteiger partial charge in [-0.2, -0.15) is 0 Å². The Morgan fingerprint density at radius 3 is 2.73 bits per heavy atom. The molecule has 1 aliphatic rings. The average Bonchev–Trinajstić information content (AvgIpc) is 3.37. The number of rotatable bonds is 8. The molecule has 1 atom stereocenters. The van der Waals surface area contributed by atoms with Crippen molar-refractivity contribution < 1.29 is 14.3 Å². The molecule has 1 amide bonds. The van der Waals surface area contributed by atoms with Crippen LogP contribution in [0.1, 0.15) is 35.2 Å². The molecule has 0 saturated carbocycles. The highest BCUT2D eigenvalue weighted by Gasteiger charge is 2.27. The van der Waals surface area contributed by atoms with Crippen LogP contribution in [0.25, 0.3) is 11.0 Å². The molecule has 0 aliphatic carbocycles. The SMILES string of the molecule is O=C(c1ccc(Oc2ccccc2)cc1Cl)c1c[nH]c2ncnc(NCC3CCCCN3C(=O)CBr)c12. The molecule has 0 radical (unpaired) electrons. The second-order valence-corrected chi connectivity index (χ2v) is 9.75. The van der Waals surface area contributed by atoms with Gasteiger partial charge in [-0.05, 0) is 43.5 Å². The maximum absolute atomic E-state index is 13.6. The van der Waals surface area contributed by atoms with Crippen LogP contribution in [0.15, 0.2) is 61.1 Å². The van der Waals surface area contributed by atoms with Gasteiger partial charge in [0, 0.05) is 37.0 Å². The molecule has 1 unspecified atom stereocenters. The van der Waals surface area contributed by atoms with E-state index in [1.807, 2.05) is 35.2 Å². The van der Waals surface area contributed by atoms with Gasteiger partial charge in [0.25, 0.3) is 0 Å². The Morgan fingerprint density at radius 2 is 1.95 bits per heavy atom. The van der Waals surface area contributed by atoms with Gasteiger partial charge < -0.3 is 19.9 Å². The Kier molecular flexibility index (Phi) is 7.71. The number of piperidine rings is 1. The second-order valence-electron chi connectivity index (χ2n) is 8.79. The summed E-state index contributed by atoms with van der Waals surface area (Å²) in [4.78, 5) is 39.6. The van der Waals surface area contributed by atoms with Gasteiger partial charge in [0.15, 0.2) is 5.78 Å². The first kappa shape index (κ1) is 25.2. The smallest absolute Gasteiger partial charge is 0.233 e. The molecule has 0 spiro atoms. The molecule has 2 aromatic carbocycles. The Bertz CT molecular complexity index is 1430. The molecule has 3 heterocycles. The summed E-state index contributed by atoms with van der Waals surface area (Å²) in [5, 5.41) is 4.53. The maximum atomic E-state index is 13.6. The van der Waals surface area contributed by atoms with Crippen molar-refractivity contribution in [1.82, 2.24) is 19.9 Å². The van der Waals surface area contributed by atoms with Crippen molar-refractivity contribution in [3.05, 3.63) is 77.2 Å². The number of nitrogens with zero attached hydrogens (tertiary/aromatic N) is 3. The number of aromatic nitrogens is 3. The van der Waals surface area contributed by atoms with Gasteiger partial charge >= 0.3 is 0 Å². The van der Waals surface area contributed by atoms with E-state index in [2.05, 4.69) is 36.2 Å². The molecular weight excluding hydrogens is 558 g/mol. The molecule has 8 nitrogen and oxygen atoms in total. The number of anilines is 1. The molecule has 1 saturated heterocycles. The molecule has 2 aromatic heterocycles. The molecule has 0 bridgehead atoms. The summed E-state index contributed by atoms with van der Waals surface area (Å²) >= 11 is 9.80. The fourth-order valence-corrected chi connectivity index (χ4v) is 5.20. The van der Waals surface area contributed by atoms with Gasteiger partial charge in [-0.1, -0.05) is 45.7 Å². The predicted octanol–water partition coefficient (Wildman–Crippen LogP) is 5.82. The number of alkyl halides is 1. The molecule has 1 fully saturated rings. The Balaban J connectivity index is 1.38.